The fourth-order valence-corrected chi connectivity index (χ4v) is 176. The first-order valence-electron chi connectivity index (χ1n) is 23.7. The Morgan fingerprint density at radius 2 is 0.505 bits per heavy atom. The Morgan fingerprint density at radius 1 is 0.312 bits per heavy atom. The monoisotopic (exact) mass is 2720 g/mol. The first-order chi connectivity index (χ1) is 53.3. The third kappa shape index (κ3) is 61.0. The number of rotatable bonds is 4. The van der Waals surface area contributed by atoms with E-state index in [1.165, 1.54) is 29.9 Å². The van der Waals surface area contributed by atoms with Crippen LogP contribution in [0.15, 0.2) is 97.1 Å². The Bertz CT molecular complexity index is 7150. The molecule has 4 aromatic rings. The number of ketones is 2. The van der Waals surface area contributed by atoms with Gasteiger partial charge in [0.25, 0.3) is 0 Å². The fraction of sp³-hybridized carbons (Fsp3) is 0.161. The number of hydrogen-bond acceptors (Lipinski definition) is 10. The molecule has 4 aromatic carbocycles. The zero-order chi connectivity index (χ0) is 78.0. The zero-order valence-corrected chi connectivity index (χ0v) is 104. The van der Waals surface area contributed by atoms with E-state index in [2.05, 4.69) is 4.18 Å². The molecule has 0 spiro atoms. The summed E-state index contributed by atoms with van der Waals surface area (Å²) in [5.41, 5.74) is -2.98. The average molecular weight is 2730 g/mol. The van der Waals surface area contributed by atoms with Crippen LogP contribution in [0.2, 0.25) is 0 Å². The molecule has 6 rings (SSSR count). The number of phenolic OH excluding ortho intramolecular Hbond substituents is 1. The summed E-state index contributed by atoms with van der Waals surface area (Å²) in [6.07, 6.45) is -0.483. The van der Waals surface area contributed by atoms with Crippen molar-refractivity contribution in [2.75, 3.05) is 0 Å². The third-order valence-electron chi connectivity index (χ3n) is 8.41. The van der Waals surface area contributed by atoms with Crippen LogP contribution in [0.25, 0.3) is 0 Å². The molecular weight excluding hydrogens is 2710 g/mol. The molecule has 109 heavy (non-hydrogen) atoms. The lowest BCUT2D eigenvalue weighted by atomic mass is 9.96. The number of aromatic hydroxyl groups is 1. The molecule has 0 amide bonds. The topological polar surface area (TPSA) is 116 Å². The minimum atomic E-state index is -5.72. The fourth-order valence-electron chi connectivity index (χ4n) is 5.22. The summed E-state index contributed by atoms with van der Waals surface area (Å²) in [4.78, 5) is 24.1. The van der Waals surface area contributed by atoms with E-state index < -0.39 is 27.5 Å². The Balaban J connectivity index is 0.000000460. The second-order valence-electron chi connectivity index (χ2n) is 14.0. The van der Waals surface area contributed by atoms with Gasteiger partial charge in [-0.1, -0.05) is 48.5 Å². The number of ether oxygens (including phenoxy) is 2. The first-order valence-corrected chi connectivity index (χ1v) is 112. The molecule has 0 radical (unpaired) electrons. The second kappa shape index (κ2) is 78.7. The predicted octanol–water partition coefficient (Wildman–Crippen LogP) is 6.56. The van der Waals surface area contributed by atoms with E-state index in [4.69, 9.17) is 31.8 Å². The lowest BCUT2D eigenvalue weighted by Crippen LogP contribution is -2.28. The highest BCUT2D eigenvalue weighted by molar-refractivity contribution is 8.84. The van der Waals surface area contributed by atoms with Crippen LogP contribution >= 0.6 is 0 Å². The highest BCUT2D eigenvalue weighted by atomic mass is 33.5. The van der Waals surface area contributed by atoms with Crippen LogP contribution in [-0.4, -0.2) is 30.6 Å². The molecule has 8 nitrogen and oxygen atoms in total. The van der Waals surface area contributed by atoms with E-state index in [1.54, 1.807) is 167 Å². The molecule has 0 aliphatic carbocycles. The molecule has 0 aromatic heterocycles. The lowest BCUT2D eigenvalue weighted by Gasteiger charge is -2.25. The molecule has 0 saturated heterocycles. The summed E-state index contributed by atoms with van der Waals surface area (Å²) in [5, 5.41) is 9.26. The van der Waals surface area contributed by atoms with Crippen molar-refractivity contribution in [2.45, 2.75) is 30.6 Å². The Labute approximate surface area is 815 Å². The van der Waals surface area contributed by atoms with Gasteiger partial charge in [0.1, 0.15) is 35.2 Å². The molecule has 618 valence electrons. The van der Waals surface area contributed by atoms with Crippen molar-refractivity contribution in [3.8, 4) is 23.0 Å². The van der Waals surface area contributed by atoms with Crippen LogP contribution in [0.1, 0.15) is 56.9 Å². The molecule has 2 atom stereocenters. The number of para-hydroxylation sites is 2. The van der Waals surface area contributed by atoms with Crippen molar-refractivity contribution in [3.05, 3.63) is 119 Å². The summed E-state index contributed by atoms with van der Waals surface area (Å²) >= 11 is 9.64. The van der Waals surface area contributed by atoms with Crippen molar-refractivity contribution in [1.82, 2.24) is 0 Å². The summed E-state index contributed by atoms with van der Waals surface area (Å²) in [6, 6.07) is 25.6. The van der Waals surface area contributed by atoms with Crippen LogP contribution in [-0.2, 0) is 601 Å². The molecule has 0 bridgehead atoms. The highest BCUT2D eigenvalue weighted by Crippen LogP contribution is 2.37. The quantitative estimate of drug-likeness (QED) is 0.178. The van der Waals surface area contributed by atoms with Crippen molar-refractivity contribution >= 4 is 612 Å². The molecule has 2 aliphatic heterocycles. The maximum atomic E-state index is 12.3. The van der Waals surface area contributed by atoms with Gasteiger partial charge in [-0.15, -0.1) is 0 Å². The number of benzene rings is 4. The van der Waals surface area contributed by atoms with Gasteiger partial charge in [0.2, 0.25) is 0 Å². The summed E-state index contributed by atoms with van der Waals surface area (Å²) in [7, 11) is 109. The number of carbonyl (C=O) groups excluding carboxylic acids is 2. The van der Waals surface area contributed by atoms with Gasteiger partial charge in [-0.2, -0.15) is 21.6 Å². The number of alkyl halides is 3. The van der Waals surface area contributed by atoms with Crippen molar-refractivity contribution < 1.29 is 49.9 Å². The largest absolute Gasteiger partial charge is 0.534 e. The molecule has 2 heterocycles. The van der Waals surface area contributed by atoms with Gasteiger partial charge < -0.3 is 18.8 Å². The third-order valence-corrected chi connectivity index (χ3v) is 149. The normalized spacial score (nSPS) is 11.7. The minimum Gasteiger partial charge on any atom is -0.508 e. The van der Waals surface area contributed by atoms with Crippen LogP contribution in [0, 0.1) is 0 Å². The number of phenols is 1. The molecule has 0 fully saturated rings. The Kier molecular flexibility index (Phi) is 80.1. The van der Waals surface area contributed by atoms with Crippen molar-refractivity contribution in [3.63, 3.8) is 0 Å². The van der Waals surface area contributed by atoms with Crippen LogP contribution in [0.5, 0.6) is 23.0 Å². The number of halogens is 3. The van der Waals surface area contributed by atoms with Gasteiger partial charge in [-0.3, -0.25) is 9.59 Å². The second-order valence-corrected chi connectivity index (χ2v) is 129. The number of carbonyl (C=O) groups is 2. The lowest BCUT2D eigenvalue weighted by molar-refractivity contribution is -0.0500. The summed E-state index contributed by atoms with van der Waals surface area (Å²) in [6.45, 7) is 0. The van der Waals surface area contributed by atoms with Crippen LogP contribution in [0.4, 0.5) is 13.2 Å². The van der Waals surface area contributed by atoms with E-state index >= 15 is 0 Å². The van der Waals surface area contributed by atoms with E-state index in [9.17, 15) is 36.3 Å². The summed E-state index contributed by atoms with van der Waals surface area (Å²) < 4.78 is 74.4. The zero-order valence-electron chi connectivity index (χ0n) is 49.1. The minimum absolute atomic E-state index is 0.0675. The molecule has 0 saturated carbocycles. The Morgan fingerprint density at radius 3 is 0.706 bits per heavy atom. The van der Waals surface area contributed by atoms with E-state index in [1.807, 2.05) is 456 Å². The van der Waals surface area contributed by atoms with E-state index in [0.29, 0.717) is 34.6 Å². The Hall–Kier alpha value is 9.68. The maximum Gasteiger partial charge on any atom is 0.534 e. The molecule has 2 aliphatic rings. The van der Waals surface area contributed by atoms with Gasteiger partial charge >= 0.3 is 15.6 Å². The van der Waals surface area contributed by atoms with Gasteiger partial charge in [-0.25, -0.2) is 0 Å². The van der Waals surface area contributed by atoms with Crippen LogP contribution in [0.3, 0.4) is 0 Å². The molecule has 78 heteroatoms. The maximum absolute atomic E-state index is 12.3. The molecule has 1 N–H and O–H groups in total. The van der Waals surface area contributed by atoms with Gasteiger partial charge in [0.05, 0.1) is 24.0 Å². The number of hydrogen-bond donors (Lipinski definition) is 1. The van der Waals surface area contributed by atoms with Gasteiger partial charge in [0.15, 0.2) is 11.6 Å². The number of Topliss-reactive ketones (excluding diaryl/α,β-unsaturated/α-hetero) is 2. The van der Waals surface area contributed by atoms with Gasteiger partial charge in [0, 0.05) is 591 Å². The summed E-state index contributed by atoms with van der Waals surface area (Å²) in [5.74, 6) is 0.752. The molecule has 2 unspecified atom stereocenters. The van der Waals surface area contributed by atoms with E-state index in [-0.39, 0.29) is 29.8 Å². The standard InChI is InChI=1S/C16H11F3O5S.C15H12O3.S66/c17-16(18,19)25(21,22)24-11-7-5-10(6-8-11)15-9-13(20)12-3-1-2-4-14(12)23-15;16-11-7-5-10(6-8-11)15-9-13(17)12-3-1-2-4-14(12)18-15;1-3-5-7-9-11-13-15-17-19-21-23-25-27-29-31-33-35-37-39-41-43-45-47-49-51-53-55-57-59-61-63-65-66-64-62-60-58-56-54-52-50-48-46-44-42-40-38-36-34-32-30-28-26-24-22-20-18-16-14-12-10-8-6-4-2/h1-8,15H,9H2;1-8,15-16H,9H2;. The SMILES string of the molecule is O=C1CC(c2ccc(O)cc2)Oc2ccccc21.O=C1CC(c2ccc(OS(=O)(=O)C(F)(F)F)cc2)Oc2ccccc21.S=S=S=S=S=S=S=S=S=S=S=S=S=S=S=S=S=S=S=S=S=S=S=S=S=S=S=S=S=S=S=S=S=S=S=S=S=S=S=S=S=S=S=S=S=S=S=S=S=S=S=S=S=S=S=S=S=S=S=S=S=S=S=S=S=S. The van der Waals surface area contributed by atoms with Crippen molar-refractivity contribution in [1.29, 1.82) is 0 Å². The predicted molar refractivity (Wildman–Crippen MR) is 634 cm³/mol. The highest BCUT2D eigenvalue weighted by Gasteiger charge is 2.48. The molecular formula is C31H23F3O8S67. The number of fused-ring (bicyclic) bond motifs is 2. The van der Waals surface area contributed by atoms with Crippen molar-refractivity contribution in [2.24, 2.45) is 0 Å². The van der Waals surface area contributed by atoms with Gasteiger partial charge in [-0.05, 0) is 59.7 Å². The smallest absolute Gasteiger partial charge is 0.508 e. The van der Waals surface area contributed by atoms with Crippen LogP contribution < -0.4 is 13.7 Å². The van der Waals surface area contributed by atoms with E-state index in [0.717, 1.165) is 17.7 Å². The first kappa shape index (κ1) is 111. The average Bonchev–Trinajstić information content (AvgIpc) is 0.810.